The van der Waals surface area contributed by atoms with E-state index in [0.29, 0.717) is 12.8 Å². The molecule has 0 heterocycles. The molecule has 0 bridgehead atoms. The molecule has 0 aromatic rings. The third-order valence-electron chi connectivity index (χ3n) is 1.45. The van der Waals surface area contributed by atoms with E-state index in [1.807, 2.05) is 6.92 Å². The molecule has 0 aliphatic carbocycles. The van der Waals surface area contributed by atoms with Crippen molar-refractivity contribution in [2.45, 2.75) is 31.4 Å². The first-order chi connectivity index (χ1) is 5.72. The molecule has 3 nitrogen and oxygen atoms in total. The Bertz CT molecular complexity index is 127. The fraction of sp³-hybridized carbons (Fsp3) is 0.875. The van der Waals surface area contributed by atoms with Gasteiger partial charge in [-0.2, -0.15) is 0 Å². The number of carbonyl (C=O) groups is 1. The summed E-state index contributed by atoms with van der Waals surface area (Å²) in [7, 11) is 0. The predicted octanol–water partition coefficient (Wildman–Crippen LogP) is 1.36. The molecule has 0 aliphatic rings. The number of aliphatic carboxylic acids is 1. The van der Waals surface area contributed by atoms with E-state index in [2.05, 4.69) is 0 Å². The van der Waals surface area contributed by atoms with Crippen LogP contribution < -0.4 is 0 Å². The topological polar surface area (TPSA) is 57.5 Å². The molecule has 0 saturated carbocycles. The molecule has 0 radical (unpaired) electrons. The number of aliphatic hydroxyl groups is 1. The number of hydrogen-bond donors (Lipinski definition) is 2. The van der Waals surface area contributed by atoms with E-state index in [0.717, 1.165) is 12.2 Å². The van der Waals surface area contributed by atoms with Crippen molar-refractivity contribution in [3.8, 4) is 0 Å². The van der Waals surface area contributed by atoms with Gasteiger partial charge in [0.1, 0.15) is 5.25 Å². The van der Waals surface area contributed by atoms with Crippen LogP contribution in [0.1, 0.15) is 26.2 Å². The SMILES string of the molecule is CCCC(SCCCO)C(=O)O. The zero-order valence-electron chi connectivity index (χ0n) is 7.32. The smallest absolute Gasteiger partial charge is 0.316 e. The van der Waals surface area contributed by atoms with Crippen LogP contribution in [-0.4, -0.2) is 33.8 Å². The van der Waals surface area contributed by atoms with Crippen LogP contribution >= 0.6 is 11.8 Å². The molecular formula is C8H16O3S. The minimum atomic E-state index is -0.736. The van der Waals surface area contributed by atoms with Gasteiger partial charge >= 0.3 is 5.97 Å². The minimum Gasteiger partial charge on any atom is -0.480 e. The fourth-order valence-corrected chi connectivity index (χ4v) is 1.96. The van der Waals surface area contributed by atoms with Crippen molar-refractivity contribution in [3.63, 3.8) is 0 Å². The van der Waals surface area contributed by atoms with Crippen LogP contribution in [0.15, 0.2) is 0 Å². The largest absolute Gasteiger partial charge is 0.480 e. The molecule has 0 saturated heterocycles. The van der Waals surface area contributed by atoms with Crippen molar-refractivity contribution in [1.82, 2.24) is 0 Å². The van der Waals surface area contributed by atoms with Crippen molar-refractivity contribution in [1.29, 1.82) is 0 Å². The Kier molecular flexibility index (Phi) is 7.29. The molecule has 0 spiro atoms. The van der Waals surface area contributed by atoms with Gasteiger partial charge in [-0.1, -0.05) is 13.3 Å². The van der Waals surface area contributed by atoms with Crippen molar-refractivity contribution < 1.29 is 15.0 Å². The molecule has 0 aromatic carbocycles. The molecular weight excluding hydrogens is 176 g/mol. The molecule has 0 amide bonds. The molecule has 72 valence electrons. The average molecular weight is 192 g/mol. The van der Waals surface area contributed by atoms with Crippen LogP contribution in [0.3, 0.4) is 0 Å². The molecule has 4 heteroatoms. The second-order valence-corrected chi connectivity index (χ2v) is 3.87. The summed E-state index contributed by atoms with van der Waals surface area (Å²) in [5.41, 5.74) is 0. The highest BCUT2D eigenvalue weighted by Crippen LogP contribution is 2.17. The maximum atomic E-state index is 10.6. The van der Waals surface area contributed by atoms with Crippen LogP contribution in [0, 0.1) is 0 Å². The van der Waals surface area contributed by atoms with Gasteiger partial charge in [0.05, 0.1) is 0 Å². The van der Waals surface area contributed by atoms with Gasteiger partial charge < -0.3 is 10.2 Å². The van der Waals surface area contributed by atoms with Gasteiger partial charge in [-0.25, -0.2) is 0 Å². The fourth-order valence-electron chi connectivity index (χ4n) is 0.830. The summed E-state index contributed by atoms with van der Waals surface area (Å²) >= 11 is 1.42. The number of carboxylic acids is 1. The van der Waals surface area contributed by atoms with Crippen LogP contribution in [-0.2, 0) is 4.79 Å². The van der Waals surface area contributed by atoms with Crippen molar-refractivity contribution >= 4 is 17.7 Å². The van der Waals surface area contributed by atoms with Crippen molar-refractivity contribution in [2.24, 2.45) is 0 Å². The van der Waals surface area contributed by atoms with Crippen molar-refractivity contribution in [3.05, 3.63) is 0 Å². The summed E-state index contributed by atoms with van der Waals surface area (Å²) in [5, 5.41) is 16.9. The molecule has 0 fully saturated rings. The second kappa shape index (κ2) is 7.43. The van der Waals surface area contributed by atoms with Crippen LogP contribution in [0.25, 0.3) is 0 Å². The van der Waals surface area contributed by atoms with Crippen LogP contribution in [0.5, 0.6) is 0 Å². The van der Waals surface area contributed by atoms with Crippen LogP contribution in [0.2, 0.25) is 0 Å². The van der Waals surface area contributed by atoms with E-state index < -0.39 is 5.97 Å². The maximum absolute atomic E-state index is 10.6. The summed E-state index contributed by atoms with van der Waals surface area (Å²) in [4.78, 5) is 10.6. The summed E-state index contributed by atoms with van der Waals surface area (Å²) in [5.74, 6) is -0.00668. The number of hydrogen-bond acceptors (Lipinski definition) is 3. The second-order valence-electron chi connectivity index (χ2n) is 2.56. The van der Waals surface area contributed by atoms with E-state index in [1.165, 1.54) is 11.8 Å². The number of aliphatic hydroxyl groups excluding tert-OH is 1. The Balaban J connectivity index is 3.56. The number of thioether (sulfide) groups is 1. The average Bonchev–Trinajstić information content (AvgIpc) is 2.03. The van der Waals surface area contributed by atoms with Gasteiger partial charge in [0.25, 0.3) is 0 Å². The molecule has 0 rings (SSSR count). The van der Waals surface area contributed by atoms with Gasteiger partial charge in [0, 0.05) is 6.61 Å². The van der Waals surface area contributed by atoms with E-state index in [9.17, 15) is 4.79 Å². The zero-order valence-corrected chi connectivity index (χ0v) is 8.14. The van der Waals surface area contributed by atoms with Gasteiger partial charge in [-0.05, 0) is 18.6 Å². The Hall–Kier alpha value is -0.220. The number of rotatable bonds is 7. The maximum Gasteiger partial charge on any atom is 0.316 e. The number of carboxylic acid groups (broad SMARTS) is 1. The molecule has 1 unspecified atom stereocenters. The van der Waals surface area contributed by atoms with E-state index in [-0.39, 0.29) is 11.9 Å². The third kappa shape index (κ3) is 5.43. The lowest BCUT2D eigenvalue weighted by Crippen LogP contribution is -2.16. The van der Waals surface area contributed by atoms with Crippen molar-refractivity contribution in [2.75, 3.05) is 12.4 Å². The summed E-state index contributed by atoms with van der Waals surface area (Å²) in [6.45, 7) is 2.12. The first kappa shape index (κ1) is 11.8. The molecule has 0 aromatic heterocycles. The Morgan fingerprint density at radius 1 is 1.58 bits per heavy atom. The van der Waals surface area contributed by atoms with E-state index in [4.69, 9.17) is 10.2 Å². The quantitative estimate of drug-likeness (QED) is 0.598. The highest BCUT2D eigenvalue weighted by Gasteiger charge is 2.15. The highest BCUT2D eigenvalue weighted by atomic mass is 32.2. The highest BCUT2D eigenvalue weighted by molar-refractivity contribution is 8.00. The standard InChI is InChI=1S/C8H16O3S/c1-2-4-7(8(10)11)12-6-3-5-9/h7,9H,2-6H2,1H3,(H,10,11). The van der Waals surface area contributed by atoms with Gasteiger partial charge in [0.15, 0.2) is 0 Å². The monoisotopic (exact) mass is 192 g/mol. The lowest BCUT2D eigenvalue weighted by molar-refractivity contribution is -0.136. The molecule has 2 N–H and O–H groups in total. The van der Waals surface area contributed by atoms with Gasteiger partial charge in [0.2, 0.25) is 0 Å². The Morgan fingerprint density at radius 2 is 2.25 bits per heavy atom. The summed E-state index contributed by atoms with van der Waals surface area (Å²) < 4.78 is 0. The third-order valence-corrected chi connectivity index (χ3v) is 2.81. The first-order valence-electron chi connectivity index (χ1n) is 4.17. The molecule has 1 atom stereocenters. The molecule has 0 aliphatic heterocycles. The normalized spacial score (nSPS) is 12.8. The summed E-state index contributed by atoms with van der Waals surface area (Å²) in [6, 6.07) is 0. The van der Waals surface area contributed by atoms with Gasteiger partial charge in [-0.15, -0.1) is 11.8 Å². The first-order valence-corrected chi connectivity index (χ1v) is 5.22. The zero-order chi connectivity index (χ0) is 9.40. The Labute approximate surface area is 77.2 Å². The van der Waals surface area contributed by atoms with Crippen LogP contribution in [0.4, 0.5) is 0 Å². The Morgan fingerprint density at radius 3 is 2.67 bits per heavy atom. The summed E-state index contributed by atoms with van der Waals surface area (Å²) in [6.07, 6.45) is 2.28. The lowest BCUT2D eigenvalue weighted by atomic mass is 10.2. The van der Waals surface area contributed by atoms with Gasteiger partial charge in [-0.3, -0.25) is 4.79 Å². The molecule has 12 heavy (non-hydrogen) atoms. The van der Waals surface area contributed by atoms with E-state index >= 15 is 0 Å². The lowest BCUT2D eigenvalue weighted by Gasteiger charge is -2.09. The van der Waals surface area contributed by atoms with E-state index in [1.54, 1.807) is 0 Å². The predicted molar refractivity (Wildman–Crippen MR) is 50.5 cm³/mol. The minimum absolute atomic E-state index is 0.144.